The summed E-state index contributed by atoms with van der Waals surface area (Å²) in [6, 6.07) is 9.29. The molecule has 25 heavy (non-hydrogen) atoms. The molecule has 2 heterocycles. The zero-order valence-electron chi connectivity index (χ0n) is 13.5. The molecule has 0 saturated carbocycles. The van der Waals surface area contributed by atoms with Crippen molar-refractivity contribution in [1.29, 1.82) is 0 Å². The van der Waals surface area contributed by atoms with Crippen LogP contribution in [0.4, 0.5) is 4.39 Å². The number of ether oxygens (including phenoxy) is 2. The molecule has 0 spiro atoms. The summed E-state index contributed by atoms with van der Waals surface area (Å²) in [5, 5.41) is 9.68. The van der Waals surface area contributed by atoms with E-state index >= 15 is 0 Å². The first-order valence-electron chi connectivity index (χ1n) is 7.96. The van der Waals surface area contributed by atoms with E-state index < -0.39 is 11.8 Å². The van der Waals surface area contributed by atoms with E-state index in [1.54, 1.807) is 30.5 Å². The van der Waals surface area contributed by atoms with E-state index in [1.165, 1.54) is 23.9 Å². The maximum atomic E-state index is 13.2. The Kier molecular flexibility index (Phi) is 5.67. The highest BCUT2D eigenvalue weighted by Gasteiger charge is 2.37. The van der Waals surface area contributed by atoms with Gasteiger partial charge in [-0.05, 0) is 36.4 Å². The predicted octanol–water partition coefficient (Wildman–Crippen LogP) is 3.69. The number of carbonyl (C=O) groups is 1. The number of halogens is 1. The van der Waals surface area contributed by atoms with Crippen molar-refractivity contribution >= 4 is 17.7 Å². The van der Waals surface area contributed by atoms with E-state index in [2.05, 4.69) is 4.98 Å². The zero-order chi connectivity index (χ0) is 17.7. The lowest BCUT2D eigenvalue weighted by molar-refractivity contribution is -0.170. The van der Waals surface area contributed by atoms with Crippen molar-refractivity contribution in [2.75, 3.05) is 19.0 Å². The summed E-state index contributed by atoms with van der Waals surface area (Å²) >= 11 is 1.39. The molecule has 1 N–H and O–H groups in total. The van der Waals surface area contributed by atoms with Gasteiger partial charge in [-0.1, -0.05) is 12.1 Å². The van der Waals surface area contributed by atoms with Gasteiger partial charge in [0.15, 0.2) is 5.79 Å². The number of carboxylic acid groups (broad SMARTS) is 1. The number of pyridine rings is 1. The topological polar surface area (TPSA) is 68.7 Å². The molecule has 0 aliphatic carbocycles. The van der Waals surface area contributed by atoms with Gasteiger partial charge in [-0.3, -0.25) is 0 Å². The molecule has 0 amide bonds. The molecule has 1 aromatic carbocycles. The minimum atomic E-state index is -0.985. The van der Waals surface area contributed by atoms with Crippen LogP contribution in [0.3, 0.4) is 0 Å². The lowest BCUT2D eigenvalue weighted by Gasteiger charge is -2.28. The van der Waals surface area contributed by atoms with Gasteiger partial charge in [0, 0.05) is 18.2 Å². The van der Waals surface area contributed by atoms with Gasteiger partial charge in [-0.25, -0.2) is 14.2 Å². The van der Waals surface area contributed by atoms with Gasteiger partial charge < -0.3 is 14.6 Å². The van der Waals surface area contributed by atoms with Crippen LogP contribution in [-0.2, 0) is 15.3 Å². The van der Waals surface area contributed by atoms with E-state index in [1.807, 2.05) is 0 Å². The van der Waals surface area contributed by atoms with Gasteiger partial charge in [-0.15, -0.1) is 11.8 Å². The Morgan fingerprint density at radius 2 is 1.96 bits per heavy atom. The fraction of sp³-hybridized carbons (Fsp3) is 0.333. The van der Waals surface area contributed by atoms with Gasteiger partial charge in [0.05, 0.1) is 18.8 Å². The summed E-state index contributed by atoms with van der Waals surface area (Å²) in [6.45, 7) is 0.988. The molecule has 5 nitrogen and oxygen atoms in total. The number of hydrogen-bond donors (Lipinski definition) is 1. The lowest BCUT2D eigenvalue weighted by Crippen LogP contribution is -2.27. The third-order valence-corrected chi connectivity index (χ3v) is 5.02. The number of aromatic nitrogens is 1. The number of rotatable bonds is 7. The summed E-state index contributed by atoms with van der Waals surface area (Å²) in [5.74, 6) is -1.47. The summed E-state index contributed by atoms with van der Waals surface area (Å²) < 4.78 is 24.8. The van der Waals surface area contributed by atoms with Crippen LogP contribution in [-0.4, -0.2) is 35.0 Å². The van der Waals surface area contributed by atoms with Crippen molar-refractivity contribution in [1.82, 2.24) is 4.98 Å². The highest BCUT2D eigenvalue weighted by atomic mass is 32.2. The van der Waals surface area contributed by atoms with Crippen molar-refractivity contribution < 1.29 is 23.8 Å². The Hall–Kier alpha value is -1.96. The smallest absolute Gasteiger partial charge is 0.338 e. The lowest BCUT2D eigenvalue weighted by atomic mass is 10.0. The molecule has 132 valence electrons. The molecule has 0 bridgehead atoms. The average molecular weight is 363 g/mol. The SMILES string of the molecule is O=C(O)c1cccnc1SCCCC1(c2ccc(F)cc2)OCCO1. The number of nitrogens with zero attached hydrogens (tertiary/aromatic N) is 1. The van der Waals surface area contributed by atoms with Gasteiger partial charge in [0.25, 0.3) is 0 Å². The molecular weight excluding hydrogens is 345 g/mol. The first kappa shape index (κ1) is 17.8. The Morgan fingerprint density at radius 1 is 1.24 bits per heavy atom. The van der Waals surface area contributed by atoms with Crippen LogP contribution >= 0.6 is 11.8 Å². The van der Waals surface area contributed by atoms with Crippen molar-refractivity contribution in [3.05, 3.63) is 59.5 Å². The average Bonchev–Trinajstić information content (AvgIpc) is 3.09. The van der Waals surface area contributed by atoms with E-state index in [4.69, 9.17) is 9.47 Å². The first-order valence-corrected chi connectivity index (χ1v) is 8.94. The Balaban J connectivity index is 1.62. The highest BCUT2D eigenvalue weighted by Crippen LogP contribution is 2.36. The number of carboxylic acids is 1. The molecule has 1 aliphatic rings. The summed E-state index contributed by atoms with van der Waals surface area (Å²) in [6.07, 6.45) is 2.91. The largest absolute Gasteiger partial charge is 0.478 e. The highest BCUT2D eigenvalue weighted by molar-refractivity contribution is 7.99. The minimum Gasteiger partial charge on any atom is -0.478 e. The molecule has 3 rings (SSSR count). The number of hydrogen-bond acceptors (Lipinski definition) is 5. The van der Waals surface area contributed by atoms with Gasteiger partial charge in [-0.2, -0.15) is 0 Å². The van der Waals surface area contributed by atoms with Crippen LogP contribution < -0.4 is 0 Å². The molecule has 0 unspecified atom stereocenters. The fourth-order valence-electron chi connectivity index (χ4n) is 2.76. The summed E-state index contributed by atoms with van der Waals surface area (Å²) in [4.78, 5) is 15.3. The molecule has 2 aromatic rings. The fourth-order valence-corrected chi connectivity index (χ4v) is 3.68. The second-order valence-corrected chi connectivity index (χ2v) is 6.65. The van der Waals surface area contributed by atoms with Crippen molar-refractivity contribution in [3.63, 3.8) is 0 Å². The van der Waals surface area contributed by atoms with Crippen molar-refractivity contribution in [3.8, 4) is 0 Å². The van der Waals surface area contributed by atoms with E-state index in [0.29, 0.717) is 30.4 Å². The normalized spacial score (nSPS) is 16.0. The van der Waals surface area contributed by atoms with Crippen LogP contribution in [0.2, 0.25) is 0 Å². The van der Waals surface area contributed by atoms with Gasteiger partial charge in [0.2, 0.25) is 0 Å². The van der Waals surface area contributed by atoms with Gasteiger partial charge >= 0.3 is 5.97 Å². The Bertz CT molecular complexity index is 732. The maximum absolute atomic E-state index is 13.2. The van der Waals surface area contributed by atoms with E-state index in [9.17, 15) is 14.3 Å². The molecule has 1 saturated heterocycles. The predicted molar refractivity (Wildman–Crippen MR) is 91.1 cm³/mol. The molecule has 1 aliphatic heterocycles. The number of thioether (sulfide) groups is 1. The Labute approximate surface area is 149 Å². The standard InChI is InChI=1S/C18H18FNO4S/c19-14-6-4-13(5-7-14)18(23-10-11-24-18)8-2-12-25-16-15(17(21)22)3-1-9-20-16/h1,3-7,9H,2,8,10-12H2,(H,21,22). The minimum absolute atomic E-state index is 0.203. The Morgan fingerprint density at radius 3 is 2.64 bits per heavy atom. The third kappa shape index (κ3) is 4.18. The first-order chi connectivity index (χ1) is 12.1. The van der Waals surface area contributed by atoms with Crippen LogP contribution in [0.15, 0.2) is 47.6 Å². The maximum Gasteiger partial charge on any atom is 0.338 e. The van der Waals surface area contributed by atoms with Crippen LogP contribution in [0.1, 0.15) is 28.8 Å². The molecule has 7 heteroatoms. The molecule has 0 radical (unpaired) electrons. The number of aromatic carboxylic acids is 1. The second-order valence-electron chi connectivity index (χ2n) is 5.57. The third-order valence-electron chi connectivity index (χ3n) is 3.93. The van der Waals surface area contributed by atoms with Crippen molar-refractivity contribution in [2.24, 2.45) is 0 Å². The van der Waals surface area contributed by atoms with E-state index in [-0.39, 0.29) is 11.4 Å². The second kappa shape index (κ2) is 7.95. The quantitative estimate of drug-likeness (QED) is 0.598. The van der Waals surface area contributed by atoms with Gasteiger partial charge in [0.1, 0.15) is 10.8 Å². The molecule has 0 atom stereocenters. The van der Waals surface area contributed by atoms with Crippen LogP contribution in [0.25, 0.3) is 0 Å². The van der Waals surface area contributed by atoms with Crippen LogP contribution in [0, 0.1) is 5.82 Å². The van der Waals surface area contributed by atoms with Crippen molar-refractivity contribution in [2.45, 2.75) is 23.7 Å². The summed E-state index contributed by atoms with van der Waals surface area (Å²) in [5.41, 5.74) is 0.995. The monoisotopic (exact) mass is 363 g/mol. The molecule has 1 fully saturated rings. The number of benzene rings is 1. The zero-order valence-corrected chi connectivity index (χ0v) is 14.3. The van der Waals surface area contributed by atoms with Crippen LogP contribution in [0.5, 0.6) is 0 Å². The van der Waals surface area contributed by atoms with E-state index in [0.717, 1.165) is 12.0 Å². The summed E-state index contributed by atoms with van der Waals surface area (Å²) in [7, 11) is 0. The molecule has 1 aromatic heterocycles. The molecular formula is C18H18FNO4S.